The van der Waals surface area contributed by atoms with Gasteiger partial charge in [0.2, 0.25) is 5.91 Å². The Labute approximate surface area is 133 Å². The minimum atomic E-state index is -0.339. The normalized spacial score (nSPS) is 22.2. The van der Waals surface area contributed by atoms with Crippen molar-refractivity contribution in [2.75, 3.05) is 20.7 Å². The zero-order valence-electron chi connectivity index (χ0n) is 14.1. The first-order chi connectivity index (χ1) is 10.5. The molecule has 2 rings (SSSR count). The summed E-state index contributed by atoms with van der Waals surface area (Å²) in [7, 11) is 3.40. The van der Waals surface area contributed by atoms with Crippen molar-refractivity contribution in [3.05, 3.63) is 29.8 Å². The van der Waals surface area contributed by atoms with E-state index in [0.717, 1.165) is 31.6 Å². The largest absolute Gasteiger partial charge is 0.497 e. The summed E-state index contributed by atoms with van der Waals surface area (Å²) in [5.74, 6) is 1.56. The highest BCUT2D eigenvalue weighted by Gasteiger charge is 2.32. The maximum atomic E-state index is 12.0. The van der Waals surface area contributed by atoms with Crippen LogP contribution in [0.25, 0.3) is 0 Å². The molecule has 1 amide bonds. The Morgan fingerprint density at radius 1 is 1.36 bits per heavy atom. The highest BCUT2D eigenvalue weighted by atomic mass is 16.5. The molecular formula is C18H28N2O2. The van der Waals surface area contributed by atoms with E-state index in [-0.39, 0.29) is 11.3 Å². The van der Waals surface area contributed by atoms with Crippen LogP contribution in [-0.2, 0) is 4.79 Å². The lowest BCUT2D eigenvalue weighted by Gasteiger charge is -2.35. The van der Waals surface area contributed by atoms with E-state index >= 15 is 0 Å². The predicted molar refractivity (Wildman–Crippen MR) is 89.2 cm³/mol. The topological polar surface area (TPSA) is 50.4 Å². The third kappa shape index (κ3) is 4.01. The number of hydrogen-bond acceptors (Lipinski definition) is 3. The first-order valence-corrected chi connectivity index (χ1v) is 8.06. The Kier molecular flexibility index (Phi) is 5.46. The van der Waals surface area contributed by atoms with Gasteiger partial charge < -0.3 is 15.4 Å². The van der Waals surface area contributed by atoms with Crippen LogP contribution >= 0.6 is 0 Å². The summed E-state index contributed by atoms with van der Waals surface area (Å²) in [6.45, 7) is 5.04. The third-order valence-corrected chi connectivity index (χ3v) is 4.68. The lowest BCUT2D eigenvalue weighted by atomic mass is 9.78. The summed E-state index contributed by atoms with van der Waals surface area (Å²) in [6.07, 6.45) is 3.08. The standard InChI is InChI=1S/C18H28N2O2/c1-18(2,17(21)19-3)12-15-11-14(9-10-20-15)13-5-7-16(22-4)8-6-13/h5-8,14-15,20H,9-12H2,1-4H3,(H,19,21)/t14-,15?/m1/s1. The molecule has 1 unspecified atom stereocenters. The molecule has 1 fully saturated rings. The zero-order chi connectivity index (χ0) is 16.2. The lowest BCUT2D eigenvalue weighted by Crippen LogP contribution is -2.44. The summed E-state index contributed by atoms with van der Waals surface area (Å²) >= 11 is 0. The highest BCUT2D eigenvalue weighted by molar-refractivity contribution is 5.81. The van der Waals surface area contributed by atoms with Gasteiger partial charge in [0.25, 0.3) is 0 Å². The second-order valence-corrected chi connectivity index (χ2v) is 6.81. The molecule has 0 bridgehead atoms. The van der Waals surface area contributed by atoms with Gasteiger partial charge in [0.05, 0.1) is 7.11 Å². The molecule has 0 spiro atoms. The van der Waals surface area contributed by atoms with E-state index in [4.69, 9.17) is 4.74 Å². The molecule has 0 saturated carbocycles. The maximum absolute atomic E-state index is 12.0. The van der Waals surface area contributed by atoms with Crippen molar-refractivity contribution in [2.45, 2.75) is 45.1 Å². The minimum absolute atomic E-state index is 0.112. The van der Waals surface area contributed by atoms with Crippen molar-refractivity contribution in [3.8, 4) is 5.75 Å². The van der Waals surface area contributed by atoms with Crippen LogP contribution in [0.4, 0.5) is 0 Å². The molecule has 2 N–H and O–H groups in total. The molecule has 1 aliphatic heterocycles. The van der Waals surface area contributed by atoms with Crippen LogP contribution in [0.5, 0.6) is 5.75 Å². The smallest absolute Gasteiger partial charge is 0.225 e. The van der Waals surface area contributed by atoms with E-state index in [0.29, 0.717) is 12.0 Å². The van der Waals surface area contributed by atoms with E-state index in [9.17, 15) is 4.79 Å². The molecule has 0 aliphatic carbocycles. The van der Waals surface area contributed by atoms with E-state index < -0.39 is 0 Å². The van der Waals surface area contributed by atoms with Gasteiger partial charge in [-0.05, 0) is 49.4 Å². The molecule has 1 aliphatic rings. The number of rotatable bonds is 5. The maximum Gasteiger partial charge on any atom is 0.225 e. The molecule has 4 nitrogen and oxygen atoms in total. The van der Waals surface area contributed by atoms with Crippen molar-refractivity contribution in [1.82, 2.24) is 10.6 Å². The van der Waals surface area contributed by atoms with Crippen LogP contribution in [0.1, 0.15) is 44.6 Å². The summed E-state index contributed by atoms with van der Waals surface area (Å²) in [4.78, 5) is 12.0. The van der Waals surface area contributed by atoms with E-state index in [2.05, 4.69) is 22.8 Å². The Bertz CT molecular complexity index is 496. The molecule has 4 heteroatoms. The van der Waals surface area contributed by atoms with Gasteiger partial charge in [-0.1, -0.05) is 26.0 Å². The number of carbonyl (C=O) groups excluding carboxylic acids is 1. The van der Waals surface area contributed by atoms with Crippen LogP contribution < -0.4 is 15.4 Å². The molecule has 1 saturated heterocycles. The van der Waals surface area contributed by atoms with Crippen molar-refractivity contribution in [2.24, 2.45) is 5.41 Å². The van der Waals surface area contributed by atoms with Gasteiger partial charge in [0, 0.05) is 18.5 Å². The number of benzene rings is 1. The van der Waals surface area contributed by atoms with Crippen molar-refractivity contribution < 1.29 is 9.53 Å². The van der Waals surface area contributed by atoms with Gasteiger partial charge in [-0.3, -0.25) is 4.79 Å². The molecule has 1 aromatic carbocycles. The summed E-state index contributed by atoms with van der Waals surface area (Å²) in [5, 5.41) is 6.34. The fourth-order valence-corrected chi connectivity index (χ4v) is 3.39. The number of piperidine rings is 1. The average molecular weight is 304 g/mol. The molecule has 0 aromatic heterocycles. The van der Waals surface area contributed by atoms with Crippen LogP contribution in [0, 0.1) is 5.41 Å². The van der Waals surface area contributed by atoms with Crippen LogP contribution in [0.15, 0.2) is 24.3 Å². The molecule has 1 heterocycles. The highest BCUT2D eigenvalue weighted by Crippen LogP contribution is 2.33. The number of nitrogens with one attached hydrogen (secondary N) is 2. The van der Waals surface area contributed by atoms with Gasteiger partial charge in [-0.25, -0.2) is 0 Å². The SMILES string of the molecule is CNC(=O)C(C)(C)CC1C[C@H](c2ccc(OC)cc2)CCN1. The van der Waals surface area contributed by atoms with E-state index in [1.807, 2.05) is 26.0 Å². The van der Waals surface area contributed by atoms with Crippen molar-refractivity contribution in [3.63, 3.8) is 0 Å². The van der Waals surface area contributed by atoms with Crippen LogP contribution in [-0.4, -0.2) is 32.7 Å². The fraction of sp³-hybridized carbons (Fsp3) is 0.611. The Hall–Kier alpha value is -1.55. The average Bonchev–Trinajstić information content (AvgIpc) is 2.54. The molecule has 2 atom stereocenters. The number of amides is 1. The van der Waals surface area contributed by atoms with Gasteiger partial charge >= 0.3 is 0 Å². The lowest BCUT2D eigenvalue weighted by molar-refractivity contribution is -0.129. The van der Waals surface area contributed by atoms with Gasteiger partial charge in [0.1, 0.15) is 5.75 Å². The molecule has 22 heavy (non-hydrogen) atoms. The summed E-state index contributed by atoms with van der Waals surface area (Å²) < 4.78 is 5.23. The summed E-state index contributed by atoms with van der Waals surface area (Å²) in [6, 6.07) is 8.76. The minimum Gasteiger partial charge on any atom is -0.497 e. The third-order valence-electron chi connectivity index (χ3n) is 4.68. The summed E-state index contributed by atoms with van der Waals surface area (Å²) in [5.41, 5.74) is 1.03. The second-order valence-electron chi connectivity index (χ2n) is 6.81. The molecular weight excluding hydrogens is 276 g/mol. The van der Waals surface area contributed by atoms with Gasteiger partial charge in [0.15, 0.2) is 0 Å². The van der Waals surface area contributed by atoms with E-state index in [1.54, 1.807) is 14.2 Å². The Morgan fingerprint density at radius 2 is 2.05 bits per heavy atom. The van der Waals surface area contributed by atoms with Crippen molar-refractivity contribution >= 4 is 5.91 Å². The monoisotopic (exact) mass is 304 g/mol. The number of ether oxygens (including phenoxy) is 1. The van der Waals surface area contributed by atoms with Crippen LogP contribution in [0.2, 0.25) is 0 Å². The quantitative estimate of drug-likeness (QED) is 0.879. The van der Waals surface area contributed by atoms with Crippen LogP contribution in [0.3, 0.4) is 0 Å². The van der Waals surface area contributed by atoms with Gasteiger partial charge in [-0.2, -0.15) is 0 Å². The predicted octanol–water partition coefficient (Wildman–Crippen LogP) is 2.69. The Balaban J connectivity index is 2.00. The van der Waals surface area contributed by atoms with Gasteiger partial charge in [-0.15, -0.1) is 0 Å². The first-order valence-electron chi connectivity index (χ1n) is 8.06. The fourth-order valence-electron chi connectivity index (χ4n) is 3.39. The molecule has 1 aromatic rings. The number of hydrogen-bond donors (Lipinski definition) is 2. The second kappa shape index (κ2) is 7.14. The number of carbonyl (C=O) groups is 1. The molecule has 122 valence electrons. The molecule has 0 radical (unpaired) electrons. The van der Waals surface area contributed by atoms with Crippen molar-refractivity contribution in [1.29, 1.82) is 0 Å². The van der Waals surface area contributed by atoms with E-state index in [1.165, 1.54) is 5.56 Å². The first kappa shape index (κ1) is 16.8. The number of methoxy groups -OCH3 is 1. The zero-order valence-corrected chi connectivity index (χ0v) is 14.1. The Morgan fingerprint density at radius 3 is 2.64 bits per heavy atom.